The van der Waals surface area contributed by atoms with Crippen LogP contribution in [0.2, 0.25) is 0 Å². The Labute approximate surface area is 167 Å². The molecule has 0 N–H and O–H groups in total. The zero-order valence-electron chi connectivity index (χ0n) is 17.1. The standard InChI is InChI=1S/C25H33F3/c1-19(2)7-6-8-20-11-13-23(14-12-20)24(25(26,27)28)17-15-22(16-18-24)21-9-4-3-5-10-21/h3-5,9-10,15-17,19-20,23H,6-8,11-14,18H2,1-2H3. The maximum Gasteiger partial charge on any atom is 0.398 e. The van der Waals surface area contributed by atoms with Crippen molar-refractivity contribution >= 4 is 5.57 Å². The first-order valence-electron chi connectivity index (χ1n) is 10.8. The van der Waals surface area contributed by atoms with E-state index in [1.807, 2.05) is 30.3 Å². The average Bonchev–Trinajstić information content (AvgIpc) is 2.68. The molecule has 0 nitrogen and oxygen atoms in total. The molecule has 2 aliphatic carbocycles. The van der Waals surface area contributed by atoms with Gasteiger partial charge in [0.25, 0.3) is 0 Å². The molecule has 1 aromatic carbocycles. The van der Waals surface area contributed by atoms with Crippen molar-refractivity contribution in [1.82, 2.24) is 0 Å². The molecule has 3 rings (SSSR count). The van der Waals surface area contributed by atoms with Crippen LogP contribution in [0, 0.1) is 23.2 Å². The fourth-order valence-corrected chi connectivity index (χ4v) is 5.02. The first-order chi connectivity index (χ1) is 13.3. The summed E-state index contributed by atoms with van der Waals surface area (Å²) >= 11 is 0. The molecule has 2 aliphatic rings. The van der Waals surface area contributed by atoms with Crippen LogP contribution in [0.25, 0.3) is 5.57 Å². The number of hydrogen-bond acceptors (Lipinski definition) is 0. The molecule has 3 heteroatoms. The SMILES string of the molecule is CC(C)CCCC1CCC(C2(C(F)(F)F)C=CC(c3ccccc3)=CC2)CC1. The van der Waals surface area contributed by atoms with Crippen molar-refractivity contribution in [3.05, 3.63) is 54.1 Å². The molecule has 1 aromatic rings. The van der Waals surface area contributed by atoms with E-state index in [1.54, 1.807) is 12.2 Å². The van der Waals surface area contributed by atoms with Gasteiger partial charge in [0, 0.05) is 0 Å². The van der Waals surface area contributed by atoms with Gasteiger partial charge in [-0.1, -0.05) is 94.5 Å². The first kappa shape index (κ1) is 21.2. The molecule has 0 spiro atoms. The van der Waals surface area contributed by atoms with E-state index < -0.39 is 11.6 Å². The Kier molecular flexibility index (Phi) is 6.73. The summed E-state index contributed by atoms with van der Waals surface area (Å²) in [5, 5.41) is 0. The van der Waals surface area contributed by atoms with E-state index in [0.29, 0.717) is 24.7 Å². The summed E-state index contributed by atoms with van der Waals surface area (Å²) in [5.41, 5.74) is 0.208. The van der Waals surface area contributed by atoms with E-state index in [9.17, 15) is 13.2 Å². The Hall–Kier alpha value is -1.51. The van der Waals surface area contributed by atoms with Crippen molar-refractivity contribution in [2.45, 2.75) is 71.4 Å². The normalized spacial score (nSPS) is 28.4. The number of alkyl halides is 3. The molecular weight excluding hydrogens is 357 g/mol. The monoisotopic (exact) mass is 390 g/mol. The second-order valence-corrected chi connectivity index (χ2v) is 9.14. The van der Waals surface area contributed by atoms with Gasteiger partial charge in [-0.3, -0.25) is 0 Å². The van der Waals surface area contributed by atoms with E-state index in [2.05, 4.69) is 13.8 Å². The van der Waals surface area contributed by atoms with Gasteiger partial charge in [0.1, 0.15) is 0 Å². The molecule has 0 saturated heterocycles. The summed E-state index contributed by atoms with van der Waals surface area (Å²) in [7, 11) is 0. The van der Waals surface area contributed by atoms with Crippen molar-refractivity contribution < 1.29 is 13.2 Å². The Balaban J connectivity index is 1.66. The highest BCUT2D eigenvalue weighted by molar-refractivity contribution is 5.75. The Morgan fingerprint density at radius 2 is 1.71 bits per heavy atom. The quantitative estimate of drug-likeness (QED) is 0.459. The Bertz CT molecular complexity index is 675. The highest BCUT2D eigenvalue weighted by Gasteiger charge is 2.57. The van der Waals surface area contributed by atoms with Gasteiger partial charge in [0.2, 0.25) is 0 Å². The largest absolute Gasteiger partial charge is 0.398 e. The zero-order valence-corrected chi connectivity index (χ0v) is 17.1. The van der Waals surface area contributed by atoms with Crippen LogP contribution < -0.4 is 0 Å². The van der Waals surface area contributed by atoms with Crippen LogP contribution in [0.4, 0.5) is 13.2 Å². The number of hydrogen-bond donors (Lipinski definition) is 0. The van der Waals surface area contributed by atoms with E-state index in [4.69, 9.17) is 0 Å². The molecule has 0 aliphatic heterocycles. The van der Waals surface area contributed by atoms with Gasteiger partial charge in [0.15, 0.2) is 0 Å². The summed E-state index contributed by atoms with van der Waals surface area (Å²) in [4.78, 5) is 0. The molecule has 0 radical (unpaired) electrons. The maximum atomic E-state index is 14.2. The zero-order chi connectivity index (χ0) is 20.2. The van der Waals surface area contributed by atoms with Crippen molar-refractivity contribution in [2.24, 2.45) is 23.2 Å². The number of allylic oxidation sites excluding steroid dienone is 4. The third-order valence-corrected chi connectivity index (χ3v) is 6.82. The molecule has 28 heavy (non-hydrogen) atoms. The molecular formula is C25H33F3. The lowest BCUT2D eigenvalue weighted by atomic mass is 9.62. The van der Waals surface area contributed by atoms with Crippen LogP contribution in [0.5, 0.6) is 0 Å². The van der Waals surface area contributed by atoms with Crippen LogP contribution in [-0.4, -0.2) is 6.18 Å². The lowest BCUT2D eigenvalue weighted by molar-refractivity contribution is -0.226. The van der Waals surface area contributed by atoms with E-state index in [-0.39, 0.29) is 12.3 Å². The maximum absolute atomic E-state index is 14.2. The summed E-state index contributed by atoms with van der Waals surface area (Å²) in [6.07, 6.45) is 7.78. The summed E-state index contributed by atoms with van der Waals surface area (Å²) in [5.74, 6) is 1.03. The van der Waals surface area contributed by atoms with Crippen molar-refractivity contribution in [3.63, 3.8) is 0 Å². The molecule has 154 valence electrons. The van der Waals surface area contributed by atoms with Crippen molar-refractivity contribution in [1.29, 1.82) is 0 Å². The van der Waals surface area contributed by atoms with Gasteiger partial charge in [-0.05, 0) is 48.2 Å². The molecule has 0 bridgehead atoms. The molecule has 0 amide bonds. The van der Waals surface area contributed by atoms with E-state index in [0.717, 1.165) is 24.0 Å². The minimum Gasteiger partial charge on any atom is -0.170 e. The van der Waals surface area contributed by atoms with Gasteiger partial charge >= 0.3 is 6.18 Å². The van der Waals surface area contributed by atoms with Gasteiger partial charge < -0.3 is 0 Å². The van der Waals surface area contributed by atoms with Crippen LogP contribution in [-0.2, 0) is 0 Å². The summed E-state index contributed by atoms with van der Waals surface area (Å²) in [6.45, 7) is 4.47. The summed E-state index contributed by atoms with van der Waals surface area (Å²) < 4.78 is 42.7. The number of halogens is 3. The van der Waals surface area contributed by atoms with E-state index >= 15 is 0 Å². The topological polar surface area (TPSA) is 0 Å². The van der Waals surface area contributed by atoms with Crippen molar-refractivity contribution in [3.8, 4) is 0 Å². The predicted octanol–water partition coefficient (Wildman–Crippen LogP) is 8.21. The second kappa shape index (κ2) is 8.88. The lowest BCUT2D eigenvalue weighted by Gasteiger charge is -2.44. The fourth-order valence-electron chi connectivity index (χ4n) is 5.02. The third-order valence-electron chi connectivity index (χ3n) is 6.82. The Morgan fingerprint density at radius 3 is 2.25 bits per heavy atom. The molecule has 1 atom stereocenters. The molecule has 0 aromatic heterocycles. The van der Waals surface area contributed by atoms with E-state index in [1.165, 1.54) is 25.3 Å². The summed E-state index contributed by atoms with van der Waals surface area (Å²) in [6, 6.07) is 9.70. The smallest absolute Gasteiger partial charge is 0.170 e. The van der Waals surface area contributed by atoms with Gasteiger partial charge in [0.05, 0.1) is 5.41 Å². The van der Waals surface area contributed by atoms with Crippen LogP contribution >= 0.6 is 0 Å². The lowest BCUT2D eigenvalue weighted by Crippen LogP contribution is -2.44. The first-order valence-corrected chi connectivity index (χ1v) is 10.8. The van der Waals surface area contributed by atoms with Crippen LogP contribution in [0.1, 0.15) is 70.8 Å². The van der Waals surface area contributed by atoms with Crippen LogP contribution in [0.3, 0.4) is 0 Å². The van der Waals surface area contributed by atoms with Crippen molar-refractivity contribution in [2.75, 3.05) is 0 Å². The number of benzene rings is 1. The second-order valence-electron chi connectivity index (χ2n) is 9.14. The van der Waals surface area contributed by atoms with Crippen LogP contribution in [0.15, 0.2) is 48.6 Å². The fraction of sp³-hybridized carbons (Fsp3) is 0.600. The van der Waals surface area contributed by atoms with Gasteiger partial charge in [-0.25, -0.2) is 0 Å². The third kappa shape index (κ3) is 4.72. The molecule has 0 heterocycles. The average molecular weight is 391 g/mol. The van der Waals surface area contributed by atoms with Gasteiger partial charge in [-0.2, -0.15) is 13.2 Å². The molecule has 1 fully saturated rings. The number of rotatable bonds is 6. The minimum atomic E-state index is -4.20. The predicted molar refractivity (Wildman–Crippen MR) is 111 cm³/mol. The van der Waals surface area contributed by atoms with Gasteiger partial charge in [-0.15, -0.1) is 0 Å². The molecule has 1 saturated carbocycles. The highest BCUT2D eigenvalue weighted by Crippen LogP contribution is 2.55. The molecule has 1 unspecified atom stereocenters. The Morgan fingerprint density at radius 1 is 1.04 bits per heavy atom. The highest BCUT2D eigenvalue weighted by atomic mass is 19.4. The minimum absolute atomic E-state index is 0.0694.